The van der Waals surface area contributed by atoms with Crippen LogP contribution in [0.25, 0.3) is 0 Å². The zero-order valence-electron chi connectivity index (χ0n) is 11.6. The Kier molecular flexibility index (Phi) is 5.02. The van der Waals surface area contributed by atoms with Crippen LogP contribution < -0.4 is 5.32 Å². The molecule has 2 nitrogen and oxygen atoms in total. The van der Waals surface area contributed by atoms with Crippen LogP contribution in [-0.4, -0.2) is 12.0 Å². The molecule has 0 atom stereocenters. The molecular weight excluding hydrogens is 266 g/mol. The molecule has 2 aromatic carbocycles. The van der Waals surface area contributed by atoms with Crippen LogP contribution in [0, 0.1) is 6.92 Å². The van der Waals surface area contributed by atoms with E-state index in [0.29, 0.717) is 5.56 Å². The lowest BCUT2D eigenvalue weighted by molar-refractivity contribution is 0.104. The standard InChI is InChI=1S/C17H17NOS/c1-13-8-10-14(11-9-13)16(19)12-17(20-2)18-15-6-4-3-5-7-15/h3-12,18H,1-2H3/b17-12-. The highest BCUT2D eigenvalue weighted by atomic mass is 32.2. The first-order chi connectivity index (χ1) is 9.69. The Morgan fingerprint density at radius 2 is 1.70 bits per heavy atom. The number of aryl methyl sites for hydroxylation is 1. The SMILES string of the molecule is CS/C(=C\C(=O)c1ccc(C)cc1)Nc1ccccc1. The Hall–Kier alpha value is -2.00. The van der Waals surface area contributed by atoms with Crippen LogP contribution in [0.5, 0.6) is 0 Å². The van der Waals surface area contributed by atoms with Crippen LogP contribution in [0.15, 0.2) is 65.7 Å². The van der Waals surface area contributed by atoms with Crippen LogP contribution in [0.4, 0.5) is 5.69 Å². The van der Waals surface area contributed by atoms with Crippen molar-refractivity contribution in [1.29, 1.82) is 0 Å². The number of carbonyl (C=O) groups is 1. The maximum absolute atomic E-state index is 12.2. The van der Waals surface area contributed by atoms with Crippen molar-refractivity contribution in [3.63, 3.8) is 0 Å². The third-order valence-electron chi connectivity index (χ3n) is 2.86. The molecule has 0 fully saturated rings. The van der Waals surface area contributed by atoms with E-state index in [1.165, 1.54) is 11.8 Å². The third kappa shape index (κ3) is 4.00. The van der Waals surface area contributed by atoms with Crippen molar-refractivity contribution in [3.8, 4) is 0 Å². The minimum absolute atomic E-state index is 0.0118. The molecule has 0 amide bonds. The molecule has 0 aliphatic carbocycles. The molecule has 20 heavy (non-hydrogen) atoms. The van der Waals surface area contributed by atoms with Gasteiger partial charge in [-0.05, 0) is 25.3 Å². The highest BCUT2D eigenvalue weighted by molar-refractivity contribution is 8.02. The molecule has 102 valence electrons. The summed E-state index contributed by atoms with van der Waals surface area (Å²) in [5.74, 6) is 0.0118. The first-order valence-electron chi connectivity index (χ1n) is 6.38. The minimum atomic E-state index is 0.0118. The number of thioether (sulfide) groups is 1. The predicted octanol–water partition coefficient (Wildman–Crippen LogP) is 4.49. The van der Waals surface area contributed by atoms with Gasteiger partial charge in [-0.1, -0.05) is 48.0 Å². The zero-order valence-corrected chi connectivity index (χ0v) is 12.4. The number of allylic oxidation sites excluding steroid dienone is 1. The van der Waals surface area contributed by atoms with Crippen LogP contribution >= 0.6 is 11.8 Å². The number of hydrogen-bond donors (Lipinski definition) is 1. The maximum Gasteiger partial charge on any atom is 0.188 e. The lowest BCUT2D eigenvalue weighted by Crippen LogP contribution is -2.01. The van der Waals surface area contributed by atoms with E-state index in [0.717, 1.165) is 16.3 Å². The van der Waals surface area contributed by atoms with Gasteiger partial charge in [0.1, 0.15) is 0 Å². The summed E-state index contributed by atoms with van der Waals surface area (Å²) in [6.07, 6.45) is 3.59. The molecule has 2 rings (SSSR count). The van der Waals surface area contributed by atoms with Gasteiger partial charge in [0, 0.05) is 17.3 Å². The summed E-state index contributed by atoms with van der Waals surface area (Å²) in [7, 11) is 0. The van der Waals surface area contributed by atoms with E-state index >= 15 is 0 Å². The second kappa shape index (κ2) is 6.96. The third-order valence-corrected chi connectivity index (χ3v) is 3.52. The van der Waals surface area contributed by atoms with Crippen molar-refractivity contribution in [2.75, 3.05) is 11.6 Å². The number of carbonyl (C=O) groups excluding carboxylic acids is 1. The molecule has 2 aromatic rings. The average molecular weight is 283 g/mol. The summed E-state index contributed by atoms with van der Waals surface area (Å²) in [6, 6.07) is 17.4. The molecule has 0 aliphatic rings. The Balaban J connectivity index is 2.14. The van der Waals surface area contributed by atoms with Gasteiger partial charge in [0.2, 0.25) is 0 Å². The minimum Gasteiger partial charge on any atom is -0.350 e. The topological polar surface area (TPSA) is 29.1 Å². The quantitative estimate of drug-likeness (QED) is 0.647. The number of para-hydroxylation sites is 1. The van der Waals surface area contributed by atoms with E-state index in [2.05, 4.69) is 5.32 Å². The van der Waals surface area contributed by atoms with Crippen LogP contribution in [-0.2, 0) is 0 Å². The van der Waals surface area contributed by atoms with Crippen LogP contribution in [0.2, 0.25) is 0 Å². The van der Waals surface area contributed by atoms with Gasteiger partial charge in [0.15, 0.2) is 5.78 Å². The zero-order chi connectivity index (χ0) is 14.4. The van der Waals surface area contributed by atoms with E-state index in [9.17, 15) is 4.79 Å². The molecule has 0 bridgehead atoms. The van der Waals surface area contributed by atoms with Gasteiger partial charge in [-0.2, -0.15) is 0 Å². The highest BCUT2D eigenvalue weighted by Crippen LogP contribution is 2.17. The monoisotopic (exact) mass is 283 g/mol. The normalized spacial score (nSPS) is 11.2. The second-order valence-corrected chi connectivity index (χ2v) is 5.28. The van der Waals surface area contributed by atoms with Crippen molar-refractivity contribution < 1.29 is 4.79 Å². The van der Waals surface area contributed by atoms with Gasteiger partial charge in [-0.3, -0.25) is 4.79 Å². The van der Waals surface area contributed by atoms with Crippen molar-refractivity contribution in [3.05, 3.63) is 76.8 Å². The molecule has 3 heteroatoms. The smallest absolute Gasteiger partial charge is 0.188 e. The molecule has 0 saturated carbocycles. The Bertz CT molecular complexity index is 603. The second-order valence-electron chi connectivity index (χ2n) is 4.43. The number of anilines is 1. The van der Waals surface area contributed by atoms with Gasteiger partial charge < -0.3 is 5.32 Å². The van der Waals surface area contributed by atoms with Crippen molar-refractivity contribution in [2.24, 2.45) is 0 Å². The summed E-state index contributed by atoms with van der Waals surface area (Å²) < 4.78 is 0. The van der Waals surface area contributed by atoms with Gasteiger partial charge in [0.25, 0.3) is 0 Å². The fourth-order valence-corrected chi connectivity index (χ4v) is 2.17. The molecule has 0 unspecified atom stereocenters. The molecule has 0 saturated heterocycles. The molecule has 0 radical (unpaired) electrons. The first kappa shape index (κ1) is 14.4. The molecular formula is C17H17NOS. The Labute approximate surface area is 123 Å². The summed E-state index contributed by atoms with van der Waals surface area (Å²) in [6.45, 7) is 2.01. The van der Waals surface area contributed by atoms with E-state index in [-0.39, 0.29) is 5.78 Å². The number of nitrogens with one attached hydrogen (secondary N) is 1. The fraction of sp³-hybridized carbons (Fsp3) is 0.118. The van der Waals surface area contributed by atoms with Gasteiger partial charge in [-0.25, -0.2) is 0 Å². The van der Waals surface area contributed by atoms with Crippen molar-refractivity contribution in [1.82, 2.24) is 0 Å². The summed E-state index contributed by atoms with van der Waals surface area (Å²) in [5, 5.41) is 4.08. The van der Waals surface area contributed by atoms with Crippen molar-refractivity contribution in [2.45, 2.75) is 6.92 Å². The average Bonchev–Trinajstić information content (AvgIpc) is 2.48. The lowest BCUT2D eigenvalue weighted by atomic mass is 10.1. The number of ketones is 1. The molecule has 0 aliphatic heterocycles. The van der Waals surface area contributed by atoms with Gasteiger partial charge >= 0.3 is 0 Å². The van der Waals surface area contributed by atoms with Crippen LogP contribution in [0.1, 0.15) is 15.9 Å². The highest BCUT2D eigenvalue weighted by Gasteiger charge is 2.05. The molecule has 0 aromatic heterocycles. The van der Waals surface area contributed by atoms with E-state index in [1.54, 1.807) is 6.08 Å². The summed E-state index contributed by atoms with van der Waals surface area (Å²) in [5.41, 5.74) is 2.83. The lowest BCUT2D eigenvalue weighted by Gasteiger charge is -2.08. The largest absolute Gasteiger partial charge is 0.350 e. The maximum atomic E-state index is 12.2. The predicted molar refractivity (Wildman–Crippen MR) is 87.2 cm³/mol. The number of benzene rings is 2. The van der Waals surface area contributed by atoms with Gasteiger partial charge in [0.05, 0.1) is 5.03 Å². The number of hydrogen-bond acceptors (Lipinski definition) is 3. The van der Waals surface area contributed by atoms with E-state index < -0.39 is 0 Å². The summed E-state index contributed by atoms with van der Waals surface area (Å²) in [4.78, 5) is 12.2. The van der Waals surface area contributed by atoms with Gasteiger partial charge in [-0.15, -0.1) is 11.8 Å². The fourth-order valence-electron chi connectivity index (χ4n) is 1.73. The molecule has 1 N–H and O–H groups in total. The first-order valence-corrected chi connectivity index (χ1v) is 7.60. The molecule has 0 heterocycles. The van der Waals surface area contributed by atoms with E-state index in [1.807, 2.05) is 67.8 Å². The Morgan fingerprint density at radius 1 is 1.05 bits per heavy atom. The molecule has 0 spiro atoms. The van der Waals surface area contributed by atoms with Crippen LogP contribution in [0.3, 0.4) is 0 Å². The van der Waals surface area contributed by atoms with E-state index in [4.69, 9.17) is 0 Å². The summed E-state index contributed by atoms with van der Waals surface area (Å²) >= 11 is 1.52. The Morgan fingerprint density at radius 3 is 2.30 bits per heavy atom. The van der Waals surface area contributed by atoms with Crippen molar-refractivity contribution >= 4 is 23.2 Å². The number of rotatable bonds is 5.